The average Bonchev–Trinajstić information content (AvgIpc) is 2.35. The van der Waals surface area contributed by atoms with Crippen LogP contribution in [0, 0.1) is 0 Å². The Morgan fingerprint density at radius 2 is 2.06 bits per heavy atom. The lowest BCUT2D eigenvalue weighted by Gasteiger charge is -2.24. The summed E-state index contributed by atoms with van der Waals surface area (Å²) >= 11 is 0. The molecule has 0 fully saturated rings. The lowest BCUT2D eigenvalue weighted by molar-refractivity contribution is 0.179. The largest absolute Gasteiger partial charge is 0.385 e. The Morgan fingerprint density at radius 1 is 1.38 bits per heavy atom. The molecule has 0 aliphatic rings. The second-order valence-electron chi connectivity index (χ2n) is 4.01. The molecule has 3 nitrogen and oxygen atoms in total. The fourth-order valence-electron chi connectivity index (χ4n) is 1.94. The molecular formula is C13H22N2O. The van der Waals surface area contributed by atoms with Gasteiger partial charge in [-0.2, -0.15) is 0 Å². The first kappa shape index (κ1) is 13.1. The number of pyridine rings is 1. The number of nitrogens with one attached hydrogen (secondary N) is 1. The minimum atomic E-state index is 0.465. The lowest BCUT2D eigenvalue weighted by atomic mass is 9.92. The van der Waals surface area contributed by atoms with E-state index >= 15 is 0 Å². The highest BCUT2D eigenvalue weighted by molar-refractivity contribution is 5.17. The predicted molar refractivity (Wildman–Crippen MR) is 66.6 cm³/mol. The van der Waals surface area contributed by atoms with Gasteiger partial charge in [0, 0.05) is 32.2 Å². The van der Waals surface area contributed by atoms with Crippen molar-refractivity contribution in [3.05, 3.63) is 30.1 Å². The van der Waals surface area contributed by atoms with Crippen LogP contribution in [0.4, 0.5) is 0 Å². The second kappa shape index (κ2) is 7.36. The molecule has 16 heavy (non-hydrogen) atoms. The minimum absolute atomic E-state index is 0.465. The molecule has 1 heterocycles. The van der Waals surface area contributed by atoms with Crippen LogP contribution in [-0.2, 0) is 4.74 Å². The Hall–Kier alpha value is -0.930. The van der Waals surface area contributed by atoms with E-state index < -0.39 is 0 Å². The summed E-state index contributed by atoms with van der Waals surface area (Å²) in [6.45, 7) is 6.17. The molecule has 3 heteroatoms. The van der Waals surface area contributed by atoms with E-state index in [2.05, 4.69) is 36.3 Å². The molecule has 0 spiro atoms. The van der Waals surface area contributed by atoms with Crippen molar-refractivity contribution in [1.29, 1.82) is 0 Å². The first-order valence-electron chi connectivity index (χ1n) is 5.91. The molecule has 0 aromatic carbocycles. The zero-order valence-corrected chi connectivity index (χ0v) is 10.4. The molecule has 1 aromatic rings. The molecule has 0 aliphatic heterocycles. The van der Waals surface area contributed by atoms with Crippen molar-refractivity contribution in [2.24, 2.45) is 0 Å². The quantitative estimate of drug-likeness (QED) is 0.768. The molecule has 0 aliphatic carbocycles. The topological polar surface area (TPSA) is 34.1 Å². The molecule has 1 N–H and O–H groups in total. The van der Waals surface area contributed by atoms with Gasteiger partial charge in [0.05, 0.1) is 0 Å². The zero-order chi connectivity index (χ0) is 11.8. The number of methoxy groups -OCH3 is 1. The number of rotatable bonds is 7. The normalized spacial score (nSPS) is 14.7. The molecular weight excluding hydrogens is 200 g/mol. The Labute approximate surface area is 98.2 Å². The second-order valence-corrected chi connectivity index (χ2v) is 4.01. The van der Waals surface area contributed by atoms with Crippen LogP contribution in [0.15, 0.2) is 24.5 Å². The van der Waals surface area contributed by atoms with E-state index in [1.807, 2.05) is 12.4 Å². The number of aromatic nitrogens is 1. The van der Waals surface area contributed by atoms with Crippen molar-refractivity contribution in [2.45, 2.75) is 32.2 Å². The van der Waals surface area contributed by atoms with Crippen molar-refractivity contribution in [3.63, 3.8) is 0 Å². The maximum atomic E-state index is 5.15. The summed E-state index contributed by atoms with van der Waals surface area (Å²) in [6, 6.07) is 4.64. The molecule has 1 aromatic heterocycles. The summed E-state index contributed by atoms with van der Waals surface area (Å²) in [6.07, 6.45) is 4.74. The van der Waals surface area contributed by atoms with Gasteiger partial charge < -0.3 is 10.1 Å². The number of likely N-dealkylation sites (N-methyl/N-ethyl adjacent to an activating group) is 1. The minimum Gasteiger partial charge on any atom is -0.385 e. The average molecular weight is 222 g/mol. The highest BCUT2D eigenvalue weighted by atomic mass is 16.5. The third-order valence-electron chi connectivity index (χ3n) is 2.93. The third kappa shape index (κ3) is 3.91. The Balaban J connectivity index is 2.62. The lowest BCUT2D eigenvalue weighted by Crippen LogP contribution is -2.34. The first-order valence-corrected chi connectivity index (χ1v) is 5.91. The molecule has 2 unspecified atom stereocenters. The summed E-state index contributed by atoms with van der Waals surface area (Å²) in [5.74, 6) is 0.484. The van der Waals surface area contributed by atoms with Crippen LogP contribution < -0.4 is 5.32 Å². The Morgan fingerprint density at radius 3 is 2.62 bits per heavy atom. The van der Waals surface area contributed by atoms with E-state index in [0.29, 0.717) is 12.0 Å². The Bertz CT molecular complexity index is 277. The van der Waals surface area contributed by atoms with Gasteiger partial charge in [-0.05, 0) is 36.6 Å². The van der Waals surface area contributed by atoms with Crippen LogP contribution in [0.25, 0.3) is 0 Å². The van der Waals surface area contributed by atoms with Gasteiger partial charge in [-0.15, -0.1) is 0 Å². The van der Waals surface area contributed by atoms with Crippen molar-refractivity contribution >= 4 is 0 Å². The fraction of sp³-hybridized carbons (Fsp3) is 0.615. The molecule has 0 bridgehead atoms. The van der Waals surface area contributed by atoms with Crippen LogP contribution in [-0.4, -0.2) is 31.3 Å². The predicted octanol–water partition coefficient (Wildman–Crippen LogP) is 2.20. The maximum absolute atomic E-state index is 5.15. The zero-order valence-electron chi connectivity index (χ0n) is 10.4. The number of nitrogens with zero attached hydrogens (tertiary/aromatic N) is 1. The van der Waals surface area contributed by atoms with Crippen LogP contribution in [0.5, 0.6) is 0 Å². The van der Waals surface area contributed by atoms with Crippen molar-refractivity contribution in [2.75, 3.05) is 20.3 Å². The summed E-state index contributed by atoms with van der Waals surface area (Å²) in [5.41, 5.74) is 1.33. The highest BCUT2D eigenvalue weighted by Crippen LogP contribution is 2.20. The van der Waals surface area contributed by atoms with Gasteiger partial charge in [-0.3, -0.25) is 4.98 Å². The van der Waals surface area contributed by atoms with Crippen LogP contribution in [0.2, 0.25) is 0 Å². The third-order valence-corrected chi connectivity index (χ3v) is 2.93. The van der Waals surface area contributed by atoms with E-state index in [-0.39, 0.29) is 0 Å². The van der Waals surface area contributed by atoms with Crippen molar-refractivity contribution in [3.8, 4) is 0 Å². The first-order chi connectivity index (χ1) is 7.79. The van der Waals surface area contributed by atoms with E-state index in [4.69, 9.17) is 4.74 Å². The number of hydrogen-bond donors (Lipinski definition) is 1. The highest BCUT2D eigenvalue weighted by Gasteiger charge is 2.17. The van der Waals surface area contributed by atoms with E-state index in [9.17, 15) is 0 Å². The maximum Gasteiger partial charge on any atom is 0.0477 e. The standard InChI is InChI=1S/C13H22N2O/c1-4-15-13(7-10-16-3)11(2)12-5-8-14-9-6-12/h5-6,8-9,11,13,15H,4,7,10H2,1-3H3. The molecule has 0 radical (unpaired) electrons. The van der Waals surface area contributed by atoms with E-state index in [1.165, 1.54) is 5.56 Å². The fourth-order valence-corrected chi connectivity index (χ4v) is 1.94. The monoisotopic (exact) mass is 222 g/mol. The summed E-state index contributed by atoms with van der Waals surface area (Å²) in [5, 5.41) is 3.52. The molecule has 0 amide bonds. The van der Waals surface area contributed by atoms with Gasteiger partial charge in [0.25, 0.3) is 0 Å². The number of ether oxygens (including phenoxy) is 1. The van der Waals surface area contributed by atoms with Crippen molar-refractivity contribution in [1.82, 2.24) is 10.3 Å². The molecule has 1 rings (SSSR count). The van der Waals surface area contributed by atoms with Crippen LogP contribution in [0.1, 0.15) is 31.7 Å². The Kier molecular flexibility index (Phi) is 6.04. The summed E-state index contributed by atoms with van der Waals surface area (Å²) in [4.78, 5) is 4.05. The van der Waals surface area contributed by atoms with Gasteiger partial charge in [0.15, 0.2) is 0 Å². The van der Waals surface area contributed by atoms with Gasteiger partial charge in [0.1, 0.15) is 0 Å². The molecule has 0 saturated carbocycles. The SMILES string of the molecule is CCNC(CCOC)C(C)c1ccncc1. The number of hydrogen-bond acceptors (Lipinski definition) is 3. The smallest absolute Gasteiger partial charge is 0.0477 e. The summed E-state index contributed by atoms with van der Waals surface area (Å²) in [7, 11) is 1.75. The van der Waals surface area contributed by atoms with E-state index in [0.717, 1.165) is 19.6 Å². The summed E-state index contributed by atoms with van der Waals surface area (Å²) < 4.78 is 5.15. The van der Waals surface area contributed by atoms with E-state index in [1.54, 1.807) is 7.11 Å². The molecule has 2 atom stereocenters. The van der Waals surface area contributed by atoms with Crippen LogP contribution in [0.3, 0.4) is 0 Å². The molecule has 90 valence electrons. The van der Waals surface area contributed by atoms with Gasteiger partial charge >= 0.3 is 0 Å². The van der Waals surface area contributed by atoms with Gasteiger partial charge in [-0.25, -0.2) is 0 Å². The van der Waals surface area contributed by atoms with Gasteiger partial charge in [-0.1, -0.05) is 13.8 Å². The van der Waals surface area contributed by atoms with Gasteiger partial charge in [0.2, 0.25) is 0 Å². The van der Waals surface area contributed by atoms with Crippen molar-refractivity contribution < 1.29 is 4.74 Å². The van der Waals surface area contributed by atoms with Crippen LogP contribution >= 0.6 is 0 Å². The molecule has 0 saturated heterocycles.